The number of rotatable bonds is 2. The summed E-state index contributed by atoms with van der Waals surface area (Å²) in [6.45, 7) is 5.24. The van der Waals surface area contributed by atoms with Gasteiger partial charge in [0.05, 0.1) is 0 Å². The van der Waals surface area contributed by atoms with Crippen LogP contribution in [0.4, 0.5) is 5.69 Å². The standard InChI is InChI=1S/C14H19NO/c1-11(2)12-6-8-13(9-7-12)15-10-4-3-5-14(15)16/h6-9,11H,3-5,10H2,1-2H3. The molecule has 1 aromatic carbocycles. The minimum atomic E-state index is 0.267. The zero-order chi connectivity index (χ0) is 11.5. The fourth-order valence-electron chi connectivity index (χ4n) is 2.12. The lowest BCUT2D eigenvalue weighted by molar-refractivity contribution is -0.119. The van der Waals surface area contributed by atoms with Crippen LogP contribution in [0.1, 0.15) is 44.6 Å². The molecule has 1 aliphatic rings. The Morgan fingerprint density at radius 3 is 2.38 bits per heavy atom. The second-order valence-corrected chi connectivity index (χ2v) is 4.75. The van der Waals surface area contributed by atoms with E-state index in [9.17, 15) is 4.79 Å². The summed E-state index contributed by atoms with van der Waals surface area (Å²) in [7, 11) is 0. The Bertz CT molecular complexity index is 367. The summed E-state index contributed by atoms with van der Waals surface area (Å²) in [4.78, 5) is 13.6. The van der Waals surface area contributed by atoms with Gasteiger partial charge in [-0.15, -0.1) is 0 Å². The van der Waals surface area contributed by atoms with E-state index in [-0.39, 0.29) is 5.91 Å². The second-order valence-electron chi connectivity index (χ2n) is 4.75. The predicted octanol–water partition coefficient (Wildman–Crippen LogP) is 3.33. The number of carbonyl (C=O) groups excluding carboxylic acids is 1. The quantitative estimate of drug-likeness (QED) is 0.744. The average Bonchev–Trinajstić information content (AvgIpc) is 2.30. The molecule has 0 bridgehead atoms. The Hall–Kier alpha value is -1.31. The highest BCUT2D eigenvalue weighted by Crippen LogP contribution is 2.23. The van der Waals surface area contributed by atoms with Crippen molar-refractivity contribution < 1.29 is 4.79 Å². The van der Waals surface area contributed by atoms with E-state index < -0.39 is 0 Å². The first-order valence-electron chi connectivity index (χ1n) is 6.09. The maximum atomic E-state index is 11.7. The van der Waals surface area contributed by atoms with Crippen molar-refractivity contribution in [3.05, 3.63) is 29.8 Å². The van der Waals surface area contributed by atoms with Crippen LogP contribution < -0.4 is 4.90 Å². The third-order valence-corrected chi connectivity index (χ3v) is 3.19. The van der Waals surface area contributed by atoms with Gasteiger partial charge in [0.2, 0.25) is 5.91 Å². The summed E-state index contributed by atoms with van der Waals surface area (Å²) in [6.07, 6.45) is 2.86. The molecule has 1 amide bonds. The van der Waals surface area contributed by atoms with Crippen molar-refractivity contribution in [2.45, 2.75) is 39.0 Å². The van der Waals surface area contributed by atoms with Gasteiger partial charge in [-0.2, -0.15) is 0 Å². The maximum absolute atomic E-state index is 11.7. The zero-order valence-corrected chi connectivity index (χ0v) is 10.1. The molecule has 1 aromatic rings. The largest absolute Gasteiger partial charge is 0.312 e. The zero-order valence-electron chi connectivity index (χ0n) is 10.1. The highest BCUT2D eigenvalue weighted by atomic mass is 16.2. The Morgan fingerprint density at radius 1 is 1.12 bits per heavy atom. The second kappa shape index (κ2) is 4.69. The van der Waals surface area contributed by atoms with E-state index in [2.05, 4.69) is 38.1 Å². The molecule has 1 saturated heterocycles. The molecular weight excluding hydrogens is 198 g/mol. The minimum absolute atomic E-state index is 0.267. The third-order valence-electron chi connectivity index (χ3n) is 3.19. The van der Waals surface area contributed by atoms with E-state index in [0.717, 1.165) is 25.1 Å². The van der Waals surface area contributed by atoms with Gasteiger partial charge in [-0.3, -0.25) is 4.79 Å². The van der Waals surface area contributed by atoms with Gasteiger partial charge >= 0.3 is 0 Å². The maximum Gasteiger partial charge on any atom is 0.226 e. The van der Waals surface area contributed by atoms with Crippen LogP contribution in [-0.2, 0) is 4.79 Å². The molecule has 1 aliphatic heterocycles. The highest BCUT2D eigenvalue weighted by Gasteiger charge is 2.19. The molecule has 0 unspecified atom stereocenters. The van der Waals surface area contributed by atoms with Gasteiger partial charge < -0.3 is 4.90 Å². The summed E-state index contributed by atoms with van der Waals surface area (Å²) in [5.74, 6) is 0.814. The van der Waals surface area contributed by atoms with Crippen LogP contribution >= 0.6 is 0 Å². The Kier molecular flexibility index (Phi) is 3.28. The van der Waals surface area contributed by atoms with Gasteiger partial charge in [0.25, 0.3) is 0 Å². The highest BCUT2D eigenvalue weighted by molar-refractivity contribution is 5.93. The molecule has 0 atom stereocenters. The van der Waals surface area contributed by atoms with Crippen molar-refractivity contribution in [2.24, 2.45) is 0 Å². The van der Waals surface area contributed by atoms with Crippen LogP contribution in [0.5, 0.6) is 0 Å². The number of carbonyl (C=O) groups is 1. The van der Waals surface area contributed by atoms with Crippen LogP contribution in [0.15, 0.2) is 24.3 Å². The predicted molar refractivity (Wildman–Crippen MR) is 66.7 cm³/mol. The van der Waals surface area contributed by atoms with Crippen LogP contribution in [-0.4, -0.2) is 12.5 Å². The lowest BCUT2D eigenvalue weighted by atomic mass is 10.0. The molecule has 0 radical (unpaired) electrons. The number of amides is 1. The van der Waals surface area contributed by atoms with Gasteiger partial charge in [-0.1, -0.05) is 26.0 Å². The lowest BCUT2D eigenvalue weighted by Gasteiger charge is -2.27. The van der Waals surface area contributed by atoms with Crippen LogP contribution in [0.2, 0.25) is 0 Å². The average molecular weight is 217 g/mol. The van der Waals surface area contributed by atoms with Crippen molar-refractivity contribution >= 4 is 11.6 Å². The molecule has 2 heteroatoms. The van der Waals surface area contributed by atoms with Crippen molar-refractivity contribution in [3.8, 4) is 0 Å². The Balaban J connectivity index is 2.17. The molecule has 86 valence electrons. The molecule has 2 rings (SSSR count). The summed E-state index contributed by atoms with van der Waals surface area (Å²) >= 11 is 0. The fraction of sp³-hybridized carbons (Fsp3) is 0.500. The summed E-state index contributed by atoms with van der Waals surface area (Å²) in [5, 5.41) is 0. The molecule has 1 fully saturated rings. The fourth-order valence-corrected chi connectivity index (χ4v) is 2.12. The molecule has 16 heavy (non-hydrogen) atoms. The van der Waals surface area contributed by atoms with E-state index in [1.54, 1.807) is 0 Å². The van der Waals surface area contributed by atoms with Gasteiger partial charge in [0.15, 0.2) is 0 Å². The van der Waals surface area contributed by atoms with Crippen LogP contribution in [0.25, 0.3) is 0 Å². The lowest BCUT2D eigenvalue weighted by Crippen LogP contribution is -2.35. The summed E-state index contributed by atoms with van der Waals surface area (Å²) in [5.41, 5.74) is 2.38. The smallest absolute Gasteiger partial charge is 0.226 e. The van der Waals surface area contributed by atoms with Crippen LogP contribution in [0, 0.1) is 0 Å². The van der Waals surface area contributed by atoms with Crippen molar-refractivity contribution in [3.63, 3.8) is 0 Å². The van der Waals surface area contributed by atoms with Crippen LogP contribution in [0.3, 0.4) is 0 Å². The molecule has 0 saturated carbocycles. The number of hydrogen-bond donors (Lipinski definition) is 0. The van der Waals surface area contributed by atoms with Gasteiger partial charge in [0.1, 0.15) is 0 Å². The molecule has 1 heterocycles. The topological polar surface area (TPSA) is 20.3 Å². The normalized spacial score (nSPS) is 16.9. The molecular formula is C14H19NO. The number of piperidine rings is 1. The Morgan fingerprint density at radius 2 is 1.81 bits per heavy atom. The first-order chi connectivity index (χ1) is 7.68. The summed E-state index contributed by atoms with van der Waals surface area (Å²) < 4.78 is 0. The molecule has 0 aliphatic carbocycles. The van der Waals surface area contributed by atoms with Gasteiger partial charge in [-0.25, -0.2) is 0 Å². The number of hydrogen-bond acceptors (Lipinski definition) is 1. The van der Waals surface area contributed by atoms with Gasteiger partial charge in [-0.05, 0) is 36.5 Å². The van der Waals surface area contributed by atoms with E-state index in [1.807, 2.05) is 4.90 Å². The van der Waals surface area contributed by atoms with Gasteiger partial charge in [0, 0.05) is 18.7 Å². The third kappa shape index (κ3) is 2.26. The molecule has 0 N–H and O–H groups in total. The number of benzene rings is 1. The molecule has 0 aromatic heterocycles. The van der Waals surface area contributed by atoms with E-state index in [1.165, 1.54) is 5.56 Å². The molecule has 0 spiro atoms. The van der Waals surface area contributed by atoms with E-state index >= 15 is 0 Å². The summed E-state index contributed by atoms with van der Waals surface area (Å²) in [6, 6.07) is 8.39. The molecule has 2 nitrogen and oxygen atoms in total. The monoisotopic (exact) mass is 217 g/mol. The number of nitrogens with zero attached hydrogens (tertiary/aromatic N) is 1. The SMILES string of the molecule is CC(C)c1ccc(N2CCCCC2=O)cc1. The van der Waals surface area contributed by atoms with Crippen molar-refractivity contribution in [2.75, 3.05) is 11.4 Å². The number of anilines is 1. The first kappa shape index (κ1) is 11.2. The first-order valence-corrected chi connectivity index (χ1v) is 6.09. The van der Waals surface area contributed by atoms with Crippen molar-refractivity contribution in [1.82, 2.24) is 0 Å². The van der Waals surface area contributed by atoms with E-state index in [4.69, 9.17) is 0 Å². The van der Waals surface area contributed by atoms with E-state index in [0.29, 0.717) is 12.3 Å². The Labute approximate surface area is 97.3 Å². The van der Waals surface area contributed by atoms with Crippen molar-refractivity contribution in [1.29, 1.82) is 0 Å². The minimum Gasteiger partial charge on any atom is -0.312 e.